The zero-order chi connectivity index (χ0) is 13.8. The summed E-state index contributed by atoms with van der Waals surface area (Å²) in [4.78, 5) is 15.6. The van der Waals surface area contributed by atoms with Crippen molar-refractivity contribution >= 4 is 17.5 Å². The van der Waals surface area contributed by atoms with E-state index in [1.54, 1.807) is 10.9 Å². The minimum absolute atomic E-state index is 0.274. The maximum Gasteiger partial charge on any atom is 0.340 e. The summed E-state index contributed by atoms with van der Waals surface area (Å²) in [5.41, 5.74) is 6.21. The summed E-state index contributed by atoms with van der Waals surface area (Å²) in [5.74, 6) is 0.762. The number of nitrogens with one attached hydrogen (secondary N) is 1. The molecule has 0 fully saturated rings. The molecule has 3 N–H and O–H groups in total. The molecule has 0 bridgehead atoms. The number of nitrogens with two attached hydrogens (primary N) is 1. The SMILES string of the molecule is COC(=O)c1cc(NCc2nncn2C)ncc1N. The number of pyridine rings is 1. The second-order valence-corrected chi connectivity index (χ2v) is 3.86. The van der Waals surface area contributed by atoms with Gasteiger partial charge in [-0.25, -0.2) is 9.78 Å². The Labute approximate surface area is 109 Å². The van der Waals surface area contributed by atoms with Gasteiger partial charge in [-0.05, 0) is 6.07 Å². The highest BCUT2D eigenvalue weighted by Gasteiger charge is 2.11. The molecule has 0 spiro atoms. The number of carbonyl (C=O) groups excluding carboxylic acids is 1. The highest BCUT2D eigenvalue weighted by Crippen LogP contribution is 2.16. The Morgan fingerprint density at radius 1 is 1.58 bits per heavy atom. The van der Waals surface area contributed by atoms with Crippen molar-refractivity contribution in [2.45, 2.75) is 6.54 Å². The van der Waals surface area contributed by atoms with Gasteiger partial charge in [0.2, 0.25) is 0 Å². The molecular weight excluding hydrogens is 248 g/mol. The van der Waals surface area contributed by atoms with Gasteiger partial charge in [-0.2, -0.15) is 0 Å². The largest absolute Gasteiger partial charge is 0.465 e. The zero-order valence-corrected chi connectivity index (χ0v) is 10.6. The Balaban J connectivity index is 2.13. The van der Waals surface area contributed by atoms with E-state index in [1.807, 2.05) is 7.05 Å². The Morgan fingerprint density at radius 3 is 3.00 bits per heavy atom. The molecule has 0 aromatic carbocycles. The summed E-state index contributed by atoms with van der Waals surface area (Å²) in [7, 11) is 3.14. The molecule has 2 rings (SSSR count). The third-order valence-electron chi connectivity index (χ3n) is 2.57. The van der Waals surface area contributed by atoms with E-state index >= 15 is 0 Å². The summed E-state index contributed by atoms with van der Waals surface area (Å²) in [6.07, 6.45) is 3.01. The fourth-order valence-corrected chi connectivity index (χ4v) is 1.49. The number of rotatable bonds is 4. The van der Waals surface area contributed by atoms with Crippen LogP contribution in [0.25, 0.3) is 0 Å². The number of methoxy groups -OCH3 is 1. The Bertz CT molecular complexity index is 595. The van der Waals surface area contributed by atoms with Crippen LogP contribution in [0.5, 0.6) is 0 Å². The second kappa shape index (κ2) is 5.34. The summed E-state index contributed by atoms with van der Waals surface area (Å²) in [6.45, 7) is 0.439. The predicted molar refractivity (Wildman–Crippen MR) is 68.3 cm³/mol. The third kappa shape index (κ3) is 2.79. The molecule has 0 atom stereocenters. The number of aromatic nitrogens is 4. The molecule has 0 amide bonds. The molecule has 2 aromatic rings. The average Bonchev–Trinajstić information content (AvgIpc) is 2.82. The molecule has 8 heteroatoms. The van der Waals surface area contributed by atoms with E-state index in [0.717, 1.165) is 5.82 Å². The predicted octanol–water partition coefficient (Wildman–Crippen LogP) is 0.191. The van der Waals surface area contributed by atoms with E-state index in [9.17, 15) is 4.79 Å². The van der Waals surface area contributed by atoms with Crippen molar-refractivity contribution < 1.29 is 9.53 Å². The smallest absolute Gasteiger partial charge is 0.340 e. The Kier molecular flexibility index (Phi) is 3.60. The van der Waals surface area contributed by atoms with E-state index < -0.39 is 5.97 Å². The highest BCUT2D eigenvalue weighted by atomic mass is 16.5. The van der Waals surface area contributed by atoms with E-state index in [0.29, 0.717) is 12.4 Å². The van der Waals surface area contributed by atoms with Crippen molar-refractivity contribution in [3.05, 3.63) is 30.0 Å². The van der Waals surface area contributed by atoms with Gasteiger partial charge in [0.15, 0.2) is 5.82 Å². The van der Waals surface area contributed by atoms with Gasteiger partial charge in [0.1, 0.15) is 12.1 Å². The van der Waals surface area contributed by atoms with Crippen LogP contribution >= 0.6 is 0 Å². The fourth-order valence-electron chi connectivity index (χ4n) is 1.49. The van der Waals surface area contributed by atoms with Crippen LogP contribution < -0.4 is 11.1 Å². The van der Waals surface area contributed by atoms with Gasteiger partial charge in [-0.15, -0.1) is 10.2 Å². The fraction of sp³-hybridized carbons (Fsp3) is 0.273. The molecule has 0 radical (unpaired) electrons. The molecule has 0 aliphatic heterocycles. The quantitative estimate of drug-likeness (QED) is 0.757. The first-order valence-corrected chi connectivity index (χ1v) is 5.52. The van der Waals surface area contributed by atoms with E-state index in [2.05, 4.69) is 25.2 Å². The maximum absolute atomic E-state index is 11.5. The number of hydrogen-bond acceptors (Lipinski definition) is 7. The first-order valence-electron chi connectivity index (χ1n) is 5.52. The number of nitrogen functional groups attached to an aromatic ring is 1. The number of carbonyl (C=O) groups is 1. The number of esters is 1. The van der Waals surface area contributed by atoms with Crippen molar-refractivity contribution in [3.63, 3.8) is 0 Å². The Morgan fingerprint density at radius 2 is 2.37 bits per heavy atom. The number of nitrogens with zero attached hydrogens (tertiary/aromatic N) is 4. The molecule has 19 heavy (non-hydrogen) atoms. The molecule has 2 aromatic heterocycles. The summed E-state index contributed by atoms with van der Waals surface area (Å²) < 4.78 is 6.42. The lowest BCUT2D eigenvalue weighted by atomic mass is 10.2. The molecular formula is C11H14N6O2. The van der Waals surface area contributed by atoms with E-state index in [-0.39, 0.29) is 11.3 Å². The van der Waals surface area contributed by atoms with Crippen LogP contribution in [-0.2, 0) is 18.3 Å². The van der Waals surface area contributed by atoms with Gasteiger partial charge >= 0.3 is 5.97 Å². The van der Waals surface area contributed by atoms with Crippen LogP contribution in [0, 0.1) is 0 Å². The number of aryl methyl sites for hydroxylation is 1. The van der Waals surface area contributed by atoms with Crippen LogP contribution in [0.1, 0.15) is 16.2 Å². The van der Waals surface area contributed by atoms with Gasteiger partial charge in [0.25, 0.3) is 0 Å². The van der Waals surface area contributed by atoms with Gasteiger partial charge in [0.05, 0.1) is 31.1 Å². The molecule has 0 aliphatic carbocycles. The number of hydrogen-bond donors (Lipinski definition) is 2. The standard InChI is InChI=1S/C11H14N6O2/c1-17-6-15-16-10(17)5-14-9-3-7(11(18)19-2)8(12)4-13-9/h3-4,6H,5,12H2,1-2H3,(H,13,14). The maximum atomic E-state index is 11.5. The molecule has 2 heterocycles. The lowest BCUT2D eigenvalue weighted by molar-refractivity contribution is 0.0602. The lowest BCUT2D eigenvalue weighted by Gasteiger charge is -2.08. The van der Waals surface area contributed by atoms with Crippen LogP contribution in [0.3, 0.4) is 0 Å². The van der Waals surface area contributed by atoms with Crippen LogP contribution in [0.4, 0.5) is 11.5 Å². The topological polar surface area (TPSA) is 108 Å². The highest BCUT2D eigenvalue weighted by molar-refractivity contribution is 5.95. The molecule has 8 nitrogen and oxygen atoms in total. The van der Waals surface area contributed by atoms with Gasteiger partial charge in [0, 0.05) is 7.05 Å². The molecule has 0 unspecified atom stereocenters. The van der Waals surface area contributed by atoms with Gasteiger partial charge < -0.3 is 20.4 Å². The zero-order valence-electron chi connectivity index (χ0n) is 10.6. The van der Waals surface area contributed by atoms with Crippen LogP contribution in [0.2, 0.25) is 0 Å². The van der Waals surface area contributed by atoms with E-state index in [1.165, 1.54) is 19.4 Å². The van der Waals surface area contributed by atoms with Crippen molar-refractivity contribution in [1.29, 1.82) is 0 Å². The van der Waals surface area contributed by atoms with Crippen LogP contribution in [0.15, 0.2) is 18.6 Å². The Hall–Kier alpha value is -2.64. The van der Waals surface area contributed by atoms with Crippen molar-refractivity contribution in [1.82, 2.24) is 19.7 Å². The van der Waals surface area contributed by atoms with E-state index in [4.69, 9.17) is 5.73 Å². The van der Waals surface area contributed by atoms with Crippen molar-refractivity contribution in [2.24, 2.45) is 7.05 Å². The molecule has 0 saturated heterocycles. The summed E-state index contributed by atoms with van der Waals surface area (Å²) in [6, 6.07) is 1.54. The normalized spacial score (nSPS) is 10.2. The third-order valence-corrected chi connectivity index (χ3v) is 2.57. The van der Waals surface area contributed by atoms with Gasteiger partial charge in [-0.1, -0.05) is 0 Å². The minimum atomic E-state index is -0.499. The monoisotopic (exact) mass is 262 g/mol. The first kappa shape index (κ1) is 12.8. The molecule has 100 valence electrons. The molecule has 0 aliphatic rings. The van der Waals surface area contributed by atoms with Gasteiger partial charge in [-0.3, -0.25) is 0 Å². The summed E-state index contributed by atoms with van der Waals surface area (Å²) in [5, 5.41) is 10.7. The van der Waals surface area contributed by atoms with Crippen LogP contribution in [-0.4, -0.2) is 32.8 Å². The number of anilines is 2. The van der Waals surface area contributed by atoms with Crippen molar-refractivity contribution in [3.8, 4) is 0 Å². The minimum Gasteiger partial charge on any atom is -0.465 e. The molecule has 0 saturated carbocycles. The first-order chi connectivity index (χ1) is 9.11. The number of ether oxygens (including phenoxy) is 1. The lowest BCUT2D eigenvalue weighted by Crippen LogP contribution is -2.10. The summed E-state index contributed by atoms with van der Waals surface area (Å²) >= 11 is 0. The van der Waals surface area contributed by atoms with Crippen molar-refractivity contribution in [2.75, 3.05) is 18.2 Å². The average molecular weight is 262 g/mol. The second-order valence-electron chi connectivity index (χ2n) is 3.86.